The first-order valence-electron chi connectivity index (χ1n) is 5.55. The van der Waals surface area contributed by atoms with E-state index in [1.165, 1.54) is 0 Å². The molecule has 4 nitrogen and oxygen atoms in total. The molecule has 0 aliphatic heterocycles. The van der Waals surface area contributed by atoms with Gasteiger partial charge in [-0.2, -0.15) is 8.78 Å². The van der Waals surface area contributed by atoms with Gasteiger partial charge in [0.1, 0.15) is 5.82 Å². The van der Waals surface area contributed by atoms with Crippen LogP contribution in [0.2, 0.25) is 0 Å². The second-order valence-corrected chi connectivity index (χ2v) is 3.75. The van der Waals surface area contributed by atoms with Crippen molar-refractivity contribution in [2.24, 2.45) is 0 Å². The Morgan fingerprint density at radius 1 is 1.32 bits per heavy atom. The van der Waals surface area contributed by atoms with E-state index in [1.807, 2.05) is 0 Å². The van der Waals surface area contributed by atoms with Crippen LogP contribution in [0.25, 0.3) is 0 Å². The average Bonchev–Trinajstić information content (AvgIpc) is 2.27. The first-order chi connectivity index (χ1) is 9.06. The van der Waals surface area contributed by atoms with E-state index >= 15 is 0 Å². The highest BCUT2D eigenvalue weighted by atomic mass is 19.3. The van der Waals surface area contributed by atoms with E-state index in [4.69, 9.17) is 14.6 Å². The van der Waals surface area contributed by atoms with Gasteiger partial charge in [0.15, 0.2) is 11.5 Å². The summed E-state index contributed by atoms with van der Waals surface area (Å²) in [7, 11) is 0. The predicted octanol–water partition coefficient (Wildman–Crippen LogP) is 3.06. The van der Waals surface area contributed by atoms with Gasteiger partial charge in [-0.1, -0.05) is 0 Å². The highest BCUT2D eigenvalue weighted by Crippen LogP contribution is 2.33. The maximum atomic E-state index is 12.9. The smallest absolute Gasteiger partial charge is 0.387 e. The molecule has 0 heterocycles. The number of carboxylic acid groups (broad SMARTS) is 1. The minimum atomic E-state index is -2.94. The molecule has 1 aliphatic carbocycles. The van der Waals surface area contributed by atoms with Gasteiger partial charge in [0, 0.05) is 6.07 Å². The molecule has 0 saturated heterocycles. The maximum Gasteiger partial charge on any atom is 0.387 e. The van der Waals surface area contributed by atoms with E-state index in [0.29, 0.717) is 0 Å². The van der Waals surface area contributed by atoms with Crippen LogP contribution in [-0.2, 0) is 4.79 Å². The molecule has 0 bridgehead atoms. The number of hydrogen-bond donors (Lipinski definition) is 1. The highest BCUT2D eigenvalue weighted by Gasteiger charge is 2.22. The van der Waals surface area contributed by atoms with Crippen LogP contribution >= 0.6 is 0 Å². The van der Waals surface area contributed by atoms with Crippen molar-refractivity contribution >= 4 is 6.47 Å². The summed E-state index contributed by atoms with van der Waals surface area (Å²) in [5, 5.41) is 6.89. The van der Waals surface area contributed by atoms with Crippen molar-refractivity contribution in [2.45, 2.75) is 32.0 Å². The zero-order valence-electron chi connectivity index (χ0n) is 9.89. The van der Waals surface area contributed by atoms with E-state index in [2.05, 4.69) is 4.74 Å². The van der Waals surface area contributed by atoms with Gasteiger partial charge in [-0.15, -0.1) is 0 Å². The Hall–Kier alpha value is -1.92. The van der Waals surface area contributed by atoms with Crippen LogP contribution in [0.15, 0.2) is 18.2 Å². The van der Waals surface area contributed by atoms with Crippen LogP contribution < -0.4 is 9.47 Å². The predicted molar refractivity (Wildman–Crippen MR) is 60.0 cm³/mol. The molecule has 2 rings (SSSR count). The van der Waals surface area contributed by atoms with E-state index in [-0.39, 0.29) is 24.1 Å². The monoisotopic (exact) mass is 278 g/mol. The Balaban J connectivity index is 0.000000550. The van der Waals surface area contributed by atoms with E-state index < -0.39 is 12.4 Å². The fraction of sp³-hybridized carbons (Fsp3) is 0.417. The van der Waals surface area contributed by atoms with E-state index in [1.54, 1.807) is 0 Å². The number of ether oxygens (including phenoxy) is 2. The van der Waals surface area contributed by atoms with Crippen molar-refractivity contribution in [2.75, 3.05) is 0 Å². The maximum absolute atomic E-state index is 12.9. The van der Waals surface area contributed by atoms with Crippen molar-refractivity contribution in [3.63, 3.8) is 0 Å². The van der Waals surface area contributed by atoms with Crippen molar-refractivity contribution < 1.29 is 32.5 Å². The van der Waals surface area contributed by atoms with Crippen LogP contribution in [0.3, 0.4) is 0 Å². The third-order valence-electron chi connectivity index (χ3n) is 2.47. The van der Waals surface area contributed by atoms with Gasteiger partial charge in [-0.25, -0.2) is 4.39 Å². The molecule has 0 unspecified atom stereocenters. The number of benzene rings is 1. The lowest BCUT2D eigenvalue weighted by molar-refractivity contribution is -0.122. The lowest BCUT2D eigenvalue weighted by Gasteiger charge is -2.27. The second-order valence-electron chi connectivity index (χ2n) is 3.75. The summed E-state index contributed by atoms with van der Waals surface area (Å²) >= 11 is 0. The summed E-state index contributed by atoms with van der Waals surface area (Å²) in [4.78, 5) is 8.36. The van der Waals surface area contributed by atoms with Gasteiger partial charge >= 0.3 is 6.61 Å². The Morgan fingerprint density at radius 3 is 2.42 bits per heavy atom. The van der Waals surface area contributed by atoms with Gasteiger partial charge in [0.05, 0.1) is 6.10 Å². The topological polar surface area (TPSA) is 55.8 Å². The quantitative estimate of drug-likeness (QED) is 0.860. The normalized spacial score (nSPS) is 14.1. The summed E-state index contributed by atoms with van der Waals surface area (Å²) in [6.45, 7) is -3.19. The molecule has 1 aromatic rings. The summed E-state index contributed by atoms with van der Waals surface area (Å²) in [6, 6.07) is 3.27. The molecule has 1 N–H and O–H groups in total. The largest absolute Gasteiger partial charge is 0.486 e. The van der Waals surface area contributed by atoms with Gasteiger partial charge in [-0.05, 0) is 31.4 Å². The van der Waals surface area contributed by atoms with Gasteiger partial charge in [-0.3, -0.25) is 4.79 Å². The number of carbonyl (C=O) groups is 1. The third-order valence-corrected chi connectivity index (χ3v) is 2.47. The Kier molecular flexibility index (Phi) is 5.98. The lowest BCUT2D eigenvalue weighted by Crippen LogP contribution is -2.25. The van der Waals surface area contributed by atoms with Crippen molar-refractivity contribution in [1.82, 2.24) is 0 Å². The number of halogens is 3. The first-order valence-corrected chi connectivity index (χ1v) is 5.55. The zero-order valence-corrected chi connectivity index (χ0v) is 9.89. The lowest BCUT2D eigenvalue weighted by atomic mass is 9.96. The minimum Gasteiger partial charge on any atom is -0.486 e. The summed E-state index contributed by atoms with van der Waals surface area (Å²) in [5.41, 5.74) is 0. The molecule has 7 heteroatoms. The SMILES string of the molecule is Fc1ccc(OC(F)F)c(OC2CCC2)c1.O=CO. The molecule has 0 radical (unpaired) electrons. The molecular formula is C12H13F3O4. The van der Waals surface area contributed by atoms with Crippen LogP contribution in [0.1, 0.15) is 19.3 Å². The van der Waals surface area contributed by atoms with Crippen molar-refractivity contribution in [1.29, 1.82) is 0 Å². The van der Waals surface area contributed by atoms with Crippen molar-refractivity contribution in [3.8, 4) is 11.5 Å². The average molecular weight is 278 g/mol. The molecule has 0 amide bonds. The highest BCUT2D eigenvalue weighted by molar-refractivity contribution is 5.40. The van der Waals surface area contributed by atoms with Crippen LogP contribution in [0, 0.1) is 5.82 Å². The molecule has 0 spiro atoms. The molecule has 0 atom stereocenters. The first kappa shape index (κ1) is 15.1. The number of rotatable bonds is 4. The second kappa shape index (κ2) is 7.50. The number of alkyl halides is 2. The molecule has 1 aliphatic rings. The Morgan fingerprint density at radius 2 is 1.95 bits per heavy atom. The Bertz CT molecular complexity index is 408. The fourth-order valence-corrected chi connectivity index (χ4v) is 1.44. The van der Waals surface area contributed by atoms with Crippen molar-refractivity contribution in [3.05, 3.63) is 24.0 Å². The van der Waals surface area contributed by atoms with Gasteiger partial charge in [0.25, 0.3) is 6.47 Å². The fourth-order valence-electron chi connectivity index (χ4n) is 1.44. The van der Waals surface area contributed by atoms with Gasteiger partial charge < -0.3 is 14.6 Å². The van der Waals surface area contributed by atoms with Crippen LogP contribution in [0.4, 0.5) is 13.2 Å². The molecule has 106 valence electrons. The third kappa shape index (κ3) is 5.07. The van der Waals surface area contributed by atoms with Gasteiger partial charge in [0.2, 0.25) is 0 Å². The summed E-state index contributed by atoms with van der Waals surface area (Å²) in [6.07, 6.45) is 2.77. The van der Waals surface area contributed by atoms with Crippen LogP contribution in [0.5, 0.6) is 11.5 Å². The Labute approximate surface area is 107 Å². The number of hydrogen-bond acceptors (Lipinski definition) is 3. The molecule has 1 saturated carbocycles. The standard InChI is InChI=1S/C11H11F3O2.CH2O2/c12-7-4-5-9(16-11(13)14)10(6-7)15-8-2-1-3-8;2-1-3/h4-6,8,11H,1-3H2;1H,(H,2,3). The van der Waals surface area contributed by atoms with E-state index in [0.717, 1.165) is 37.5 Å². The molecular weight excluding hydrogens is 265 g/mol. The molecule has 1 aromatic carbocycles. The minimum absolute atomic E-state index is 0.0122. The molecule has 1 fully saturated rings. The summed E-state index contributed by atoms with van der Waals surface area (Å²) in [5.74, 6) is -0.607. The summed E-state index contributed by atoms with van der Waals surface area (Å²) < 4.78 is 46.7. The molecule has 19 heavy (non-hydrogen) atoms. The molecule has 0 aromatic heterocycles. The van der Waals surface area contributed by atoms with E-state index in [9.17, 15) is 13.2 Å². The zero-order chi connectivity index (χ0) is 14.3. The van der Waals surface area contributed by atoms with Crippen LogP contribution in [-0.4, -0.2) is 24.3 Å².